The molecule has 0 radical (unpaired) electrons. The molecule has 0 heterocycles. The summed E-state index contributed by atoms with van der Waals surface area (Å²) >= 11 is 0. The molecular formula is C10H4F14. The first-order valence-electron chi connectivity index (χ1n) is 5.26. The zero-order valence-electron chi connectivity index (χ0n) is 10.7. The van der Waals surface area contributed by atoms with Crippen LogP contribution in [-0.4, -0.2) is 29.6 Å². The van der Waals surface area contributed by atoms with E-state index in [9.17, 15) is 61.5 Å². The number of rotatable bonds is 7. The minimum Gasteiger partial charge on any atom is -0.202 e. The van der Waals surface area contributed by atoms with Crippen molar-refractivity contribution in [3.05, 3.63) is 24.3 Å². The summed E-state index contributed by atoms with van der Waals surface area (Å²) in [7, 11) is 0. The van der Waals surface area contributed by atoms with Crippen LogP contribution in [0.25, 0.3) is 0 Å². The first-order chi connectivity index (χ1) is 10.3. The van der Waals surface area contributed by atoms with E-state index in [2.05, 4.69) is 0 Å². The van der Waals surface area contributed by atoms with E-state index < -0.39 is 60.3 Å². The van der Waals surface area contributed by atoms with Gasteiger partial charge in [-0.05, 0) is 0 Å². The molecule has 24 heavy (non-hydrogen) atoms. The fourth-order valence-corrected chi connectivity index (χ4v) is 1.28. The first-order valence-corrected chi connectivity index (χ1v) is 5.26. The van der Waals surface area contributed by atoms with Crippen LogP contribution in [0, 0.1) is 0 Å². The Morgan fingerprint density at radius 3 is 1.29 bits per heavy atom. The summed E-state index contributed by atoms with van der Waals surface area (Å²) in [6, 6.07) is 0. The largest absolute Gasteiger partial charge is 0.382 e. The van der Waals surface area contributed by atoms with Gasteiger partial charge in [0.1, 0.15) is 0 Å². The SMILES string of the molecule is FC(F)=CC(F)(F)CC(F)(F)C(F)(F)C(F)(F)C(F)(F)C=C(F)F. The van der Waals surface area contributed by atoms with Gasteiger partial charge in [-0.3, -0.25) is 0 Å². The Kier molecular flexibility index (Phi) is 6.02. The number of allylic oxidation sites excluding steroid dienone is 2. The number of hydrogen-bond acceptors (Lipinski definition) is 0. The highest BCUT2D eigenvalue weighted by Crippen LogP contribution is 2.55. The quantitative estimate of drug-likeness (QED) is 0.460. The van der Waals surface area contributed by atoms with Crippen LogP contribution in [0.1, 0.15) is 6.42 Å². The molecule has 14 heteroatoms. The van der Waals surface area contributed by atoms with Gasteiger partial charge < -0.3 is 0 Å². The molecule has 0 aromatic heterocycles. The molecule has 0 aromatic rings. The Hall–Kier alpha value is -1.50. The molecule has 0 fully saturated rings. The van der Waals surface area contributed by atoms with Crippen LogP contribution in [0.5, 0.6) is 0 Å². The first kappa shape index (κ1) is 22.5. The van der Waals surface area contributed by atoms with Crippen molar-refractivity contribution in [2.75, 3.05) is 0 Å². The zero-order valence-corrected chi connectivity index (χ0v) is 10.7. The molecule has 0 amide bonds. The molecule has 0 aromatic carbocycles. The molecule has 142 valence electrons. The Balaban J connectivity index is 5.93. The second-order valence-electron chi connectivity index (χ2n) is 4.28. The lowest BCUT2D eigenvalue weighted by Gasteiger charge is -2.36. The molecule has 0 aliphatic heterocycles. The second kappa shape index (κ2) is 6.43. The molecule has 0 rings (SSSR count). The standard InChI is InChI=1S/C10H4F14/c11-4(12)1-6(15,16)3-8(19,20)10(23,24)9(21,22)7(17,18)2-5(13)14/h1-2H,3H2. The highest BCUT2D eigenvalue weighted by atomic mass is 19.4. The van der Waals surface area contributed by atoms with E-state index in [0.717, 1.165) is 0 Å². The van der Waals surface area contributed by atoms with E-state index >= 15 is 0 Å². The lowest BCUT2D eigenvalue weighted by atomic mass is 9.94. The third kappa shape index (κ3) is 4.53. The fourth-order valence-electron chi connectivity index (χ4n) is 1.28. The van der Waals surface area contributed by atoms with E-state index in [0.29, 0.717) is 0 Å². The van der Waals surface area contributed by atoms with Crippen molar-refractivity contribution in [2.45, 2.75) is 36.0 Å². The third-order valence-electron chi connectivity index (χ3n) is 2.34. The molecule has 0 atom stereocenters. The monoisotopic (exact) mass is 390 g/mol. The average molecular weight is 390 g/mol. The van der Waals surface area contributed by atoms with E-state index in [4.69, 9.17) is 0 Å². The molecule has 0 saturated carbocycles. The molecule has 0 saturated heterocycles. The van der Waals surface area contributed by atoms with Crippen LogP contribution < -0.4 is 0 Å². The lowest BCUT2D eigenvalue weighted by molar-refractivity contribution is -0.362. The van der Waals surface area contributed by atoms with Crippen LogP contribution in [0.4, 0.5) is 61.5 Å². The van der Waals surface area contributed by atoms with Crippen molar-refractivity contribution in [1.82, 2.24) is 0 Å². The number of halogens is 14. The maximum Gasteiger partial charge on any atom is 0.382 e. The van der Waals surface area contributed by atoms with Crippen molar-refractivity contribution in [1.29, 1.82) is 0 Å². The molecule has 0 unspecified atom stereocenters. The zero-order chi connectivity index (χ0) is 19.8. The van der Waals surface area contributed by atoms with Gasteiger partial charge in [-0.2, -0.15) is 52.7 Å². The van der Waals surface area contributed by atoms with Crippen molar-refractivity contribution >= 4 is 0 Å². The molecule has 0 aliphatic rings. The molecule has 0 nitrogen and oxygen atoms in total. The molecule has 0 spiro atoms. The number of hydrogen-bond donors (Lipinski definition) is 0. The van der Waals surface area contributed by atoms with Gasteiger partial charge in [0.05, 0.1) is 12.5 Å². The van der Waals surface area contributed by atoms with Crippen LogP contribution in [0.15, 0.2) is 24.3 Å². The van der Waals surface area contributed by atoms with E-state index in [1.165, 1.54) is 0 Å². The smallest absolute Gasteiger partial charge is 0.202 e. The van der Waals surface area contributed by atoms with Crippen molar-refractivity contribution in [3.63, 3.8) is 0 Å². The van der Waals surface area contributed by atoms with Crippen LogP contribution in [0.2, 0.25) is 0 Å². The summed E-state index contributed by atoms with van der Waals surface area (Å²) in [5, 5.41) is 0. The Bertz CT molecular complexity index is 506. The van der Waals surface area contributed by atoms with Crippen LogP contribution in [0.3, 0.4) is 0 Å². The summed E-state index contributed by atoms with van der Waals surface area (Å²) in [4.78, 5) is 0. The van der Waals surface area contributed by atoms with E-state index in [1.54, 1.807) is 0 Å². The summed E-state index contributed by atoms with van der Waals surface area (Å²) < 4.78 is 175. The van der Waals surface area contributed by atoms with Crippen molar-refractivity contribution in [3.8, 4) is 0 Å². The van der Waals surface area contributed by atoms with E-state index in [-0.39, 0.29) is 0 Å². The minimum absolute atomic E-state index is 1.59. The molecular weight excluding hydrogens is 386 g/mol. The van der Waals surface area contributed by atoms with Crippen molar-refractivity contribution in [2.24, 2.45) is 0 Å². The predicted octanol–water partition coefficient (Wildman–Crippen LogP) is 6.11. The van der Waals surface area contributed by atoms with Gasteiger partial charge in [0.2, 0.25) is 0 Å². The Labute approximate surface area is 123 Å². The normalized spacial score (nSPS) is 14.4. The summed E-state index contributed by atoms with van der Waals surface area (Å²) in [5.41, 5.74) is 0. The highest BCUT2D eigenvalue weighted by molar-refractivity contribution is 5.13. The third-order valence-corrected chi connectivity index (χ3v) is 2.34. The fraction of sp³-hybridized carbons (Fsp3) is 0.600. The molecule has 0 N–H and O–H groups in total. The average Bonchev–Trinajstić information content (AvgIpc) is 2.22. The van der Waals surface area contributed by atoms with Crippen molar-refractivity contribution < 1.29 is 61.5 Å². The minimum atomic E-state index is -7.29. The van der Waals surface area contributed by atoms with Gasteiger partial charge in [-0.25, -0.2) is 8.78 Å². The van der Waals surface area contributed by atoms with Crippen LogP contribution in [-0.2, 0) is 0 Å². The van der Waals surface area contributed by atoms with Gasteiger partial charge >= 0.3 is 23.7 Å². The van der Waals surface area contributed by atoms with Gasteiger partial charge in [0, 0.05) is 6.08 Å². The van der Waals surface area contributed by atoms with Gasteiger partial charge in [-0.1, -0.05) is 0 Å². The van der Waals surface area contributed by atoms with Gasteiger partial charge in [0.25, 0.3) is 18.1 Å². The maximum atomic E-state index is 13.0. The lowest BCUT2D eigenvalue weighted by Crippen LogP contribution is -2.62. The second-order valence-corrected chi connectivity index (χ2v) is 4.28. The topological polar surface area (TPSA) is 0 Å². The molecule has 0 bridgehead atoms. The van der Waals surface area contributed by atoms with Gasteiger partial charge in [-0.15, -0.1) is 0 Å². The summed E-state index contributed by atoms with van der Waals surface area (Å²) in [6.07, 6.45) is -14.4. The Morgan fingerprint density at radius 2 is 0.958 bits per heavy atom. The molecule has 0 aliphatic carbocycles. The van der Waals surface area contributed by atoms with E-state index in [1.807, 2.05) is 0 Å². The maximum absolute atomic E-state index is 13.0. The van der Waals surface area contributed by atoms with Crippen LogP contribution >= 0.6 is 0 Å². The summed E-state index contributed by atoms with van der Waals surface area (Å²) in [5.74, 6) is -33.3. The number of alkyl halides is 10. The predicted molar refractivity (Wildman–Crippen MR) is 50.0 cm³/mol. The summed E-state index contributed by atoms with van der Waals surface area (Å²) in [6.45, 7) is 0. The van der Waals surface area contributed by atoms with Gasteiger partial charge in [0.15, 0.2) is 0 Å². The highest BCUT2D eigenvalue weighted by Gasteiger charge is 2.80. The Morgan fingerprint density at radius 1 is 0.583 bits per heavy atom.